The highest BCUT2D eigenvalue weighted by molar-refractivity contribution is 5.91. The summed E-state index contributed by atoms with van der Waals surface area (Å²) in [6, 6.07) is 26.5. The molecule has 2 N–H and O–H groups in total. The summed E-state index contributed by atoms with van der Waals surface area (Å²) in [5.41, 5.74) is 2.61. The summed E-state index contributed by atoms with van der Waals surface area (Å²) in [4.78, 5) is 38.1. The molecule has 0 heterocycles. The highest BCUT2D eigenvalue weighted by atomic mass is 16.5. The first-order valence-electron chi connectivity index (χ1n) is 10.8. The van der Waals surface area contributed by atoms with E-state index in [2.05, 4.69) is 10.6 Å². The van der Waals surface area contributed by atoms with Gasteiger partial charge in [-0.2, -0.15) is 0 Å². The van der Waals surface area contributed by atoms with E-state index in [1.165, 1.54) is 14.0 Å². The Morgan fingerprint density at radius 2 is 1.24 bits per heavy atom. The van der Waals surface area contributed by atoms with Gasteiger partial charge in [0.2, 0.25) is 11.8 Å². The third kappa shape index (κ3) is 6.53. The van der Waals surface area contributed by atoms with Crippen molar-refractivity contribution in [1.29, 1.82) is 0 Å². The second kappa shape index (κ2) is 11.6. The fourth-order valence-electron chi connectivity index (χ4n) is 3.86. The van der Waals surface area contributed by atoms with Crippen molar-refractivity contribution in [3.05, 3.63) is 108 Å². The maximum Gasteiger partial charge on any atom is 0.329 e. The van der Waals surface area contributed by atoms with Crippen LogP contribution in [0.1, 0.15) is 29.5 Å². The van der Waals surface area contributed by atoms with E-state index >= 15 is 0 Å². The Morgan fingerprint density at radius 3 is 1.70 bits per heavy atom. The zero-order valence-corrected chi connectivity index (χ0v) is 18.7. The molecule has 0 aliphatic carbocycles. The van der Waals surface area contributed by atoms with Gasteiger partial charge in [-0.25, -0.2) is 4.79 Å². The van der Waals surface area contributed by atoms with Crippen LogP contribution in [0, 0.1) is 0 Å². The smallest absolute Gasteiger partial charge is 0.329 e. The standard InChI is InChI=1S/C27H28N2O4/c1-19(30)28-23(18-20-12-6-3-7-13-20)26(31)29-25(27(32)33-2)24(21-14-8-4-9-15-21)22-16-10-5-11-17-22/h3-17,23-25H,18H2,1-2H3,(H,28,30)(H,29,31)/t23-,25+/m1/s1. The minimum Gasteiger partial charge on any atom is -0.467 e. The molecular formula is C27H28N2O4. The zero-order chi connectivity index (χ0) is 23.6. The third-order valence-electron chi connectivity index (χ3n) is 5.38. The number of carbonyl (C=O) groups is 3. The van der Waals surface area contributed by atoms with Gasteiger partial charge in [0.25, 0.3) is 0 Å². The number of methoxy groups -OCH3 is 1. The molecule has 2 amide bonds. The van der Waals surface area contributed by atoms with Crippen LogP contribution in [0.3, 0.4) is 0 Å². The molecule has 170 valence electrons. The Labute approximate surface area is 194 Å². The van der Waals surface area contributed by atoms with Gasteiger partial charge < -0.3 is 15.4 Å². The van der Waals surface area contributed by atoms with Gasteiger partial charge in [0, 0.05) is 19.3 Å². The Bertz CT molecular complexity index is 1020. The van der Waals surface area contributed by atoms with Crippen molar-refractivity contribution in [1.82, 2.24) is 10.6 Å². The summed E-state index contributed by atoms with van der Waals surface area (Å²) in [5.74, 6) is -1.83. The highest BCUT2D eigenvalue weighted by Gasteiger charge is 2.35. The van der Waals surface area contributed by atoms with Gasteiger partial charge in [0.1, 0.15) is 12.1 Å². The van der Waals surface area contributed by atoms with Crippen LogP contribution in [0.25, 0.3) is 0 Å². The van der Waals surface area contributed by atoms with Crippen LogP contribution in [-0.4, -0.2) is 37.0 Å². The van der Waals surface area contributed by atoms with E-state index in [0.29, 0.717) is 6.42 Å². The molecule has 0 saturated carbocycles. The average Bonchev–Trinajstić information content (AvgIpc) is 2.84. The first kappa shape index (κ1) is 23.7. The van der Waals surface area contributed by atoms with E-state index in [-0.39, 0.29) is 5.91 Å². The maximum absolute atomic E-state index is 13.3. The van der Waals surface area contributed by atoms with Crippen molar-refractivity contribution in [2.75, 3.05) is 7.11 Å². The lowest BCUT2D eigenvalue weighted by Crippen LogP contribution is -2.54. The first-order valence-corrected chi connectivity index (χ1v) is 10.8. The van der Waals surface area contributed by atoms with Crippen LogP contribution in [0.15, 0.2) is 91.0 Å². The van der Waals surface area contributed by atoms with Gasteiger partial charge in [-0.3, -0.25) is 9.59 Å². The van der Waals surface area contributed by atoms with Crippen LogP contribution < -0.4 is 10.6 Å². The Morgan fingerprint density at radius 1 is 0.758 bits per heavy atom. The molecule has 6 heteroatoms. The van der Waals surface area contributed by atoms with Gasteiger partial charge in [0.05, 0.1) is 7.11 Å². The number of nitrogens with one attached hydrogen (secondary N) is 2. The zero-order valence-electron chi connectivity index (χ0n) is 18.7. The topological polar surface area (TPSA) is 84.5 Å². The van der Waals surface area contributed by atoms with Crippen LogP contribution >= 0.6 is 0 Å². The number of benzene rings is 3. The Kier molecular flexibility index (Phi) is 8.36. The number of amides is 2. The normalized spacial score (nSPS) is 12.5. The monoisotopic (exact) mass is 444 g/mol. The highest BCUT2D eigenvalue weighted by Crippen LogP contribution is 2.29. The van der Waals surface area contributed by atoms with E-state index < -0.39 is 29.9 Å². The molecule has 0 spiro atoms. The minimum absolute atomic E-state index is 0.293. The molecule has 3 rings (SSSR count). The molecule has 0 aliphatic rings. The summed E-state index contributed by atoms with van der Waals surface area (Å²) in [6.45, 7) is 1.36. The van der Waals surface area contributed by atoms with Gasteiger partial charge in [-0.15, -0.1) is 0 Å². The van der Waals surface area contributed by atoms with E-state index in [4.69, 9.17) is 4.74 Å². The molecule has 3 aromatic rings. The largest absolute Gasteiger partial charge is 0.467 e. The van der Waals surface area contributed by atoms with E-state index in [9.17, 15) is 14.4 Å². The molecule has 0 aliphatic heterocycles. The predicted octanol–water partition coefficient (Wildman–Crippen LogP) is 3.22. The number of esters is 1. The average molecular weight is 445 g/mol. The van der Waals surface area contributed by atoms with Crippen molar-refractivity contribution < 1.29 is 19.1 Å². The third-order valence-corrected chi connectivity index (χ3v) is 5.38. The van der Waals surface area contributed by atoms with Crippen LogP contribution in [0.5, 0.6) is 0 Å². The van der Waals surface area contributed by atoms with Crippen molar-refractivity contribution in [3.63, 3.8) is 0 Å². The number of hydrogen-bond donors (Lipinski definition) is 2. The lowest BCUT2D eigenvalue weighted by Gasteiger charge is -2.29. The van der Waals surface area contributed by atoms with Crippen LogP contribution in [0.4, 0.5) is 0 Å². The molecule has 33 heavy (non-hydrogen) atoms. The quantitative estimate of drug-likeness (QED) is 0.497. The Hall–Kier alpha value is -3.93. The van der Waals surface area contributed by atoms with Gasteiger partial charge in [-0.05, 0) is 16.7 Å². The van der Waals surface area contributed by atoms with Crippen LogP contribution in [0.2, 0.25) is 0 Å². The lowest BCUT2D eigenvalue weighted by atomic mass is 9.84. The number of carbonyl (C=O) groups excluding carboxylic acids is 3. The SMILES string of the molecule is COC(=O)[C@@H](NC(=O)[C@@H](Cc1ccccc1)NC(C)=O)C(c1ccccc1)c1ccccc1. The minimum atomic E-state index is -0.987. The summed E-state index contributed by atoms with van der Waals surface area (Å²) in [6.07, 6.45) is 0.293. The lowest BCUT2D eigenvalue weighted by molar-refractivity contribution is -0.145. The predicted molar refractivity (Wildman–Crippen MR) is 126 cm³/mol. The van der Waals surface area contributed by atoms with Crippen molar-refractivity contribution in [3.8, 4) is 0 Å². The molecule has 6 nitrogen and oxygen atoms in total. The Balaban J connectivity index is 1.95. The van der Waals surface area contributed by atoms with Gasteiger partial charge in [-0.1, -0.05) is 91.0 Å². The first-order chi connectivity index (χ1) is 16.0. The van der Waals surface area contributed by atoms with Crippen LogP contribution in [-0.2, 0) is 25.5 Å². The van der Waals surface area contributed by atoms with Crippen molar-refractivity contribution >= 4 is 17.8 Å². The molecule has 0 saturated heterocycles. The van der Waals surface area contributed by atoms with Gasteiger partial charge >= 0.3 is 5.97 Å². The number of rotatable bonds is 9. The summed E-state index contributed by atoms with van der Waals surface area (Å²) in [7, 11) is 1.30. The number of ether oxygens (including phenoxy) is 1. The summed E-state index contributed by atoms with van der Waals surface area (Å²) in [5, 5.41) is 5.57. The summed E-state index contributed by atoms with van der Waals surface area (Å²) >= 11 is 0. The molecule has 3 aromatic carbocycles. The van der Waals surface area contributed by atoms with Gasteiger partial charge in [0.15, 0.2) is 0 Å². The molecule has 0 radical (unpaired) electrons. The molecule has 2 atom stereocenters. The molecular weight excluding hydrogens is 416 g/mol. The molecule has 0 unspecified atom stereocenters. The second-order valence-electron chi connectivity index (χ2n) is 7.75. The maximum atomic E-state index is 13.3. The fourth-order valence-corrected chi connectivity index (χ4v) is 3.86. The second-order valence-corrected chi connectivity index (χ2v) is 7.75. The van der Waals surface area contributed by atoms with E-state index in [0.717, 1.165) is 16.7 Å². The van der Waals surface area contributed by atoms with Crippen molar-refractivity contribution in [2.45, 2.75) is 31.3 Å². The fraction of sp³-hybridized carbons (Fsp3) is 0.222. The molecule has 0 fully saturated rings. The van der Waals surface area contributed by atoms with Crippen molar-refractivity contribution in [2.24, 2.45) is 0 Å². The number of hydrogen-bond acceptors (Lipinski definition) is 4. The molecule has 0 bridgehead atoms. The van der Waals surface area contributed by atoms with E-state index in [1.54, 1.807) is 0 Å². The van der Waals surface area contributed by atoms with E-state index in [1.807, 2.05) is 91.0 Å². The summed E-state index contributed by atoms with van der Waals surface area (Å²) < 4.78 is 5.08. The molecule has 0 aromatic heterocycles.